The highest BCUT2D eigenvalue weighted by atomic mass is 79.9. The van der Waals surface area contributed by atoms with Crippen LogP contribution in [-0.4, -0.2) is 30.9 Å². The van der Waals surface area contributed by atoms with Crippen molar-refractivity contribution >= 4 is 66.8 Å². The molecule has 12 heteroatoms. The number of carbonyl (C=O) groups is 1. The predicted octanol–water partition coefficient (Wildman–Crippen LogP) is 6.57. The molecule has 1 aliphatic rings. The standard InChI is InChI=1S/C32H27Br2ClN2O6S/c1-4-41-25-11-10-19(15-26(25)42-5-2)28-21(31(39)40-3)16-36-32-37(28)30(38)27(44-32)14-18-12-22(33)29(23(34)13-18)43-17-20-8-6-7-9-24(20)35/h6-16,28H,4-5,17H2,1-3H3/b27-14-/t28-/m1/s1. The lowest BCUT2D eigenvalue weighted by Gasteiger charge is -2.23. The highest BCUT2D eigenvalue weighted by Crippen LogP contribution is 2.37. The molecule has 1 atom stereocenters. The van der Waals surface area contributed by atoms with E-state index in [1.54, 1.807) is 18.2 Å². The Hall–Kier alpha value is -3.38. The average molecular weight is 763 g/mol. The van der Waals surface area contributed by atoms with Gasteiger partial charge in [-0.05, 0) is 93.2 Å². The van der Waals surface area contributed by atoms with Crippen molar-refractivity contribution < 1.29 is 23.7 Å². The zero-order valence-corrected chi connectivity index (χ0v) is 28.7. The number of methoxy groups -OCH3 is 1. The first-order valence-corrected chi connectivity index (χ1v) is 16.4. The van der Waals surface area contributed by atoms with Crippen molar-refractivity contribution in [2.75, 3.05) is 20.3 Å². The second-order valence-corrected chi connectivity index (χ2v) is 12.6. The van der Waals surface area contributed by atoms with Crippen LogP contribution in [0.4, 0.5) is 0 Å². The molecule has 0 amide bonds. The fourth-order valence-corrected chi connectivity index (χ4v) is 7.32. The van der Waals surface area contributed by atoms with Crippen molar-refractivity contribution in [3.63, 3.8) is 0 Å². The van der Waals surface area contributed by atoms with Crippen molar-refractivity contribution in [2.24, 2.45) is 4.99 Å². The smallest absolute Gasteiger partial charge is 0.337 e. The number of hydrogen-bond donors (Lipinski definition) is 0. The summed E-state index contributed by atoms with van der Waals surface area (Å²) in [6, 6.07) is 15.8. The third-order valence-corrected chi connectivity index (χ3v) is 9.20. The third kappa shape index (κ3) is 6.66. The Balaban J connectivity index is 1.55. The van der Waals surface area contributed by atoms with Crippen LogP contribution in [0, 0.1) is 0 Å². The molecule has 0 N–H and O–H groups in total. The SMILES string of the molecule is CCOc1ccc([C@@H]2C(C(=O)OC)=CN=c3s/c(=C\c4cc(Br)c(OCc5ccccc5Cl)c(Br)c4)c(=O)n32)cc1OCC. The summed E-state index contributed by atoms with van der Waals surface area (Å²) < 4.78 is 26.0. The van der Waals surface area contributed by atoms with E-state index in [1.165, 1.54) is 29.2 Å². The van der Waals surface area contributed by atoms with Crippen LogP contribution in [0.3, 0.4) is 0 Å². The number of benzene rings is 3. The van der Waals surface area contributed by atoms with E-state index in [2.05, 4.69) is 36.9 Å². The number of hydrogen-bond acceptors (Lipinski definition) is 8. The monoisotopic (exact) mass is 760 g/mol. The number of nitrogens with zero attached hydrogens (tertiary/aromatic N) is 2. The number of carbonyl (C=O) groups excluding carboxylic acids is 1. The Morgan fingerprint density at radius 1 is 1.02 bits per heavy atom. The number of halogens is 3. The largest absolute Gasteiger partial charge is 0.490 e. The van der Waals surface area contributed by atoms with Gasteiger partial charge in [0.2, 0.25) is 0 Å². The zero-order valence-electron chi connectivity index (χ0n) is 23.9. The van der Waals surface area contributed by atoms with Gasteiger partial charge in [0.05, 0.1) is 45.4 Å². The summed E-state index contributed by atoms with van der Waals surface area (Å²) in [6.07, 6.45) is 3.24. The minimum atomic E-state index is -0.783. The van der Waals surface area contributed by atoms with Crippen LogP contribution in [0.5, 0.6) is 17.2 Å². The molecule has 5 rings (SSSR count). The maximum Gasteiger partial charge on any atom is 0.337 e. The predicted molar refractivity (Wildman–Crippen MR) is 178 cm³/mol. The first-order chi connectivity index (χ1) is 21.2. The van der Waals surface area contributed by atoms with Gasteiger partial charge >= 0.3 is 5.97 Å². The number of esters is 1. The number of rotatable bonds is 10. The first kappa shape index (κ1) is 32.0. The molecule has 1 aliphatic heterocycles. The van der Waals surface area contributed by atoms with Gasteiger partial charge in [-0.1, -0.05) is 47.2 Å². The van der Waals surface area contributed by atoms with Crippen LogP contribution in [0.15, 0.2) is 85.1 Å². The van der Waals surface area contributed by atoms with E-state index >= 15 is 0 Å². The molecule has 44 heavy (non-hydrogen) atoms. The van der Waals surface area contributed by atoms with E-state index in [0.717, 1.165) is 11.1 Å². The molecule has 0 aliphatic carbocycles. The molecule has 0 saturated carbocycles. The molecule has 0 bridgehead atoms. The molecule has 0 fully saturated rings. The lowest BCUT2D eigenvalue weighted by molar-refractivity contribution is -0.136. The van der Waals surface area contributed by atoms with E-state index in [9.17, 15) is 9.59 Å². The van der Waals surface area contributed by atoms with Crippen LogP contribution in [-0.2, 0) is 16.1 Å². The maximum absolute atomic E-state index is 14.0. The van der Waals surface area contributed by atoms with Gasteiger partial charge in [-0.25, -0.2) is 9.79 Å². The van der Waals surface area contributed by atoms with E-state index in [-0.39, 0.29) is 17.7 Å². The summed E-state index contributed by atoms with van der Waals surface area (Å²) in [5, 5.41) is 0.625. The van der Waals surface area contributed by atoms with Gasteiger partial charge in [0.25, 0.3) is 5.56 Å². The second kappa shape index (κ2) is 14.2. The van der Waals surface area contributed by atoms with Gasteiger partial charge in [-0.3, -0.25) is 9.36 Å². The van der Waals surface area contributed by atoms with Gasteiger partial charge in [0, 0.05) is 16.8 Å². The molecule has 4 aromatic rings. The first-order valence-electron chi connectivity index (χ1n) is 13.6. The average Bonchev–Trinajstić information content (AvgIpc) is 3.32. The van der Waals surface area contributed by atoms with Crippen molar-refractivity contribution in [3.8, 4) is 17.2 Å². The summed E-state index contributed by atoms with van der Waals surface area (Å²) >= 11 is 14.7. The number of thiazole rings is 1. The Morgan fingerprint density at radius 3 is 2.41 bits per heavy atom. The van der Waals surface area contributed by atoms with E-state index in [0.29, 0.717) is 59.3 Å². The topological polar surface area (TPSA) is 88.4 Å². The molecule has 0 saturated heterocycles. The number of aromatic nitrogens is 1. The lowest BCUT2D eigenvalue weighted by Crippen LogP contribution is -2.39. The summed E-state index contributed by atoms with van der Waals surface area (Å²) in [4.78, 5) is 31.7. The Bertz CT molecular complexity index is 1910. The molecule has 0 unspecified atom stereocenters. The van der Waals surface area contributed by atoms with Crippen molar-refractivity contribution in [1.29, 1.82) is 0 Å². The van der Waals surface area contributed by atoms with Gasteiger partial charge in [0.15, 0.2) is 16.3 Å². The normalized spacial score (nSPS) is 14.4. The van der Waals surface area contributed by atoms with Gasteiger partial charge < -0.3 is 18.9 Å². The van der Waals surface area contributed by atoms with Crippen molar-refractivity contribution in [2.45, 2.75) is 26.5 Å². The Kier molecular flexibility index (Phi) is 10.3. The molecule has 3 aromatic carbocycles. The highest BCUT2D eigenvalue weighted by molar-refractivity contribution is 9.11. The fourth-order valence-electron chi connectivity index (χ4n) is 4.70. The number of ether oxygens (including phenoxy) is 4. The molecular weight excluding hydrogens is 736 g/mol. The highest BCUT2D eigenvalue weighted by Gasteiger charge is 2.31. The Morgan fingerprint density at radius 2 is 1.73 bits per heavy atom. The summed E-state index contributed by atoms with van der Waals surface area (Å²) in [6.45, 7) is 4.93. The molecule has 1 aromatic heterocycles. The maximum atomic E-state index is 14.0. The number of fused-ring (bicyclic) bond motifs is 1. The van der Waals surface area contributed by atoms with Crippen LogP contribution < -0.4 is 29.1 Å². The van der Waals surface area contributed by atoms with Crippen LogP contribution in [0.1, 0.15) is 36.6 Å². The van der Waals surface area contributed by atoms with Gasteiger partial charge in [-0.15, -0.1) is 0 Å². The molecule has 8 nitrogen and oxygen atoms in total. The second-order valence-electron chi connectivity index (χ2n) is 9.44. The third-order valence-electron chi connectivity index (χ3n) is 6.66. The minimum Gasteiger partial charge on any atom is -0.490 e. The molecule has 228 valence electrons. The summed E-state index contributed by atoms with van der Waals surface area (Å²) in [5.74, 6) is 1.11. The fraction of sp³-hybridized carbons (Fsp3) is 0.219. The van der Waals surface area contributed by atoms with Crippen LogP contribution in [0.2, 0.25) is 5.02 Å². The van der Waals surface area contributed by atoms with Crippen LogP contribution >= 0.6 is 54.8 Å². The zero-order chi connectivity index (χ0) is 31.4. The van der Waals surface area contributed by atoms with E-state index < -0.39 is 12.0 Å². The van der Waals surface area contributed by atoms with Crippen LogP contribution in [0.25, 0.3) is 6.08 Å². The summed E-state index contributed by atoms with van der Waals surface area (Å²) in [5.41, 5.74) is 2.19. The van der Waals surface area contributed by atoms with Crippen molar-refractivity contribution in [1.82, 2.24) is 4.57 Å². The van der Waals surface area contributed by atoms with Gasteiger partial charge in [-0.2, -0.15) is 0 Å². The summed E-state index contributed by atoms with van der Waals surface area (Å²) in [7, 11) is 1.30. The quantitative estimate of drug-likeness (QED) is 0.170. The molecular formula is C32H27Br2ClN2O6S. The van der Waals surface area contributed by atoms with Gasteiger partial charge in [0.1, 0.15) is 12.4 Å². The molecule has 0 radical (unpaired) electrons. The Labute approximate surface area is 279 Å². The van der Waals surface area contributed by atoms with Crippen molar-refractivity contribution in [3.05, 3.63) is 117 Å². The van der Waals surface area contributed by atoms with E-state index in [1.807, 2.05) is 56.3 Å². The molecule has 0 spiro atoms. The van der Waals surface area contributed by atoms with E-state index in [4.69, 9.17) is 30.5 Å². The lowest BCUT2D eigenvalue weighted by atomic mass is 9.97. The molecule has 2 heterocycles. The minimum absolute atomic E-state index is 0.226.